The number of hydrogen-bond acceptors (Lipinski definition) is 3. The Balaban J connectivity index is 1.58. The molecule has 5 rings (SSSR count). The van der Waals surface area contributed by atoms with E-state index < -0.39 is 0 Å². The standard InChI is InChI=1S/C23H22N2O2/c1-15-13-25-14-19(9-10-22(25)24-15)20-11-18-8-7-17(12-21(18)27-23(20)26)16-5-3-2-4-6-16/h7-14,16H,2-6H2,1H3. The maximum absolute atomic E-state index is 12.7. The molecule has 1 aliphatic rings. The number of rotatable bonds is 2. The van der Waals surface area contributed by atoms with Gasteiger partial charge in [0, 0.05) is 23.3 Å². The highest BCUT2D eigenvalue weighted by Gasteiger charge is 2.17. The van der Waals surface area contributed by atoms with Crippen molar-refractivity contribution in [2.45, 2.75) is 44.9 Å². The van der Waals surface area contributed by atoms with E-state index in [9.17, 15) is 4.79 Å². The zero-order valence-electron chi connectivity index (χ0n) is 15.4. The van der Waals surface area contributed by atoms with Gasteiger partial charge in [-0.1, -0.05) is 31.4 Å². The number of aryl methyl sites for hydroxylation is 1. The summed E-state index contributed by atoms with van der Waals surface area (Å²) in [5, 5.41) is 0.964. The molecule has 0 aliphatic heterocycles. The average molecular weight is 358 g/mol. The van der Waals surface area contributed by atoms with E-state index in [1.165, 1.54) is 37.7 Å². The van der Waals surface area contributed by atoms with Gasteiger partial charge in [0.1, 0.15) is 11.2 Å². The summed E-state index contributed by atoms with van der Waals surface area (Å²) >= 11 is 0. The quantitative estimate of drug-likeness (QED) is 0.447. The topological polar surface area (TPSA) is 47.5 Å². The average Bonchev–Trinajstić information content (AvgIpc) is 3.07. The van der Waals surface area contributed by atoms with Gasteiger partial charge in [0.05, 0.1) is 11.3 Å². The Bertz CT molecular complexity index is 1200. The van der Waals surface area contributed by atoms with E-state index in [1.807, 2.05) is 41.9 Å². The Morgan fingerprint density at radius 2 is 1.89 bits per heavy atom. The number of fused-ring (bicyclic) bond motifs is 2. The van der Waals surface area contributed by atoms with Crippen LogP contribution in [0.2, 0.25) is 0 Å². The second-order valence-corrected chi connectivity index (χ2v) is 7.65. The molecular formula is C23H22N2O2. The lowest BCUT2D eigenvalue weighted by Gasteiger charge is -2.22. The number of hydrogen-bond donors (Lipinski definition) is 0. The molecule has 0 bridgehead atoms. The van der Waals surface area contributed by atoms with Gasteiger partial charge in [0.25, 0.3) is 0 Å². The Hall–Kier alpha value is -2.88. The van der Waals surface area contributed by atoms with Crippen LogP contribution in [0.5, 0.6) is 0 Å². The lowest BCUT2D eigenvalue weighted by atomic mass is 9.84. The zero-order chi connectivity index (χ0) is 18.4. The van der Waals surface area contributed by atoms with Crippen LogP contribution in [0.3, 0.4) is 0 Å². The van der Waals surface area contributed by atoms with Crippen molar-refractivity contribution < 1.29 is 4.42 Å². The van der Waals surface area contributed by atoms with Crippen LogP contribution in [0.15, 0.2) is 58.0 Å². The highest BCUT2D eigenvalue weighted by atomic mass is 16.4. The van der Waals surface area contributed by atoms with Gasteiger partial charge in [-0.3, -0.25) is 0 Å². The summed E-state index contributed by atoms with van der Waals surface area (Å²) in [6.45, 7) is 1.96. The Morgan fingerprint density at radius 3 is 2.74 bits per heavy atom. The minimum absolute atomic E-state index is 0.292. The summed E-state index contributed by atoms with van der Waals surface area (Å²) in [7, 11) is 0. The number of imidazole rings is 1. The Kier molecular flexibility index (Phi) is 3.85. The molecule has 0 radical (unpaired) electrons. The second kappa shape index (κ2) is 6.38. The molecule has 0 amide bonds. The monoisotopic (exact) mass is 358 g/mol. The van der Waals surface area contributed by atoms with Crippen LogP contribution in [0.4, 0.5) is 0 Å². The lowest BCUT2D eigenvalue weighted by Crippen LogP contribution is -2.06. The van der Waals surface area contributed by atoms with Crippen molar-refractivity contribution in [2.24, 2.45) is 0 Å². The first-order valence-electron chi connectivity index (χ1n) is 9.71. The minimum atomic E-state index is -0.292. The summed E-state index contributed by atoms with van der Waals surface area (Å²) < 4.78 is 7.66. The van der Waals surface area contributed by atoms with Crippen LogP contribution in [0.25, 0.3) is 27.7 Å². The molecule has 136 valence electrons. The molecule has 3 aromatic heterocycles. The van der Waals surface area contributed by atoms with E-state index in [-0.39, 0.29) is 5.63 Å². The molecular weight excluding hydrogens is 336 g/mol. The summed E-state index contributed by atoms with van der Waals surface area (Å²) in [6, 6.07) is 12.2. The van der Waals surface area contributed by atoms with E-state index >= 15 is 0 Å². The number of pyridine rings is 1. The first kappa shape index (κ1) is 16.3. The highest BCUT2D eigenvalue weighted by molar-refractivity contribution is 5.82. The van der Waals surface area contributed by atoms with Crippen LogP contribution in [-0.2, 0) is 0 Å². The van der Waals surface area contributed by atoms with Crippen LogP contribution >= 0.6 is 0 Å². The van der Waals surface area contributed by atoms with Crippen molar-refractivity contribution in [3.05, 3.63) is 70.5 Å². The van der Waals surface area contributed by atoms with Crippen LogP contribution in [0.1, 0.15) is 49.3 Å². The maximum atomic E-state index is 12.7. The molecule has 4 aromatic rings. The van der Waals surface area contributed by atoms with Crippen LogP contribution in [-0.4, -0.2) is 9.38 Å². The van der Waals surface area contributed by atoms with Gasteiger partial charge >= 0.3 is 5.63 Å². The zero-order valence-corrected chi connectivity index (χ0v) is 15.4. The summed E-state index contributed by atoms with van der Waals surface area (Å²) in [5.74, 6) is 0.597. The number of nitrogens with zero attached hydrogens (tertiary/aromatic N) is 2. The fourth-order valence-electron chi connectivity index (χ4n) is 4.30. The number of aromatic nitrogens is 2. The molecule has 4 nitrogen and oxygen atoms in total. The van der Waals surface area contributed by atoms with Crippen molar-refractivity contribution in [2.75, 3.05) is 0 Å². The molecule has 1 aliphatic carbocycles. The minimum Gasteiger partial charge on any atom is -0.422 e. The number of benzene rings is 1. The van der Waals surface area contributed by atoms with Gasteiger partial charge in [0.2, 0.25) is 0 Å². The SMILES string of the molecule is Cc1cn2cc(-c3cc4ccc(C5CCCCC5)cc4oc3=O)ccc2n1. The smallest absolute Gasteiger partial charge is 0.344 e. The van der Waals surface area contributed by atoms with Crippen molar-refractivity contribution in [3.8, 4) is 11.1 Å². The van der Waals surface area contributed by atoms with E-state index in [0.717, 1.165) is 22.3 Å². The third-order valence-corrected chi connectivity index (χ3v) is 5.72. The van der Waals surface area contributed by atoms with Crippen molar-refractivity contribution >= 4 is 16.6 Å². The first-order chi connectivity index (χ1) is 13.2. The van der Waals surface area contributed by atoms with Crippen molar-refractivity contribution in [1.82, 2.24) is 9.38 Å². The summed E-state index contributed by atoms with van der Waals surface area (Å²) in [5.41, 5.74) is 4.94. The van der Waals surface area contributed by atoms with E-state index in [2.05, 4.69) is 23.2 Å². The van der Waals surface area contributed by atoms with Gasteiger partial charge in [-0.15, -0.1) is 0 Å². The Labute approximate surface area is 157 Å². The van der Waals surface area contributed by atoms with E-state index in [1.54, 1.807) is 0 Å². The third-order valence-electron chi connectivity index (χ3n) is 5.72. The molecule has 27 heavy (non-hydrogen) atoms. The summed E-state index contributed by atoms with van der Waals surface area (Å²) in [4.78, 5) is 17.1. The molecule has 3 heterocycles. The molecule has 0 N–H and O–H groups in total. The van der Waals surface area contributed by atoms with Gasteiger partial charge in [0.15, 0.2) is 0 Å². The van der Waals surface area contributed by atoms with Gasteiger partial charge in [-0.05, 0) is 55.5 Å². The largest absolute Gasteiger partial charge is 0.422 e. The molecule has 1 saturated carbocycles. The fraction of sp³-hybridized carbons (Fsp3) is 0.304. The van der Waals surface area contributed by atoms with E-state index in [4.69, 9.17) is 4.42 Å². The third kappa shape index (κ3) is 2.95. The predicted molar refractivity (Wildman–Crippen MR) is 107 cm³/mol. The van der Waals surface area contributed by atoms with E-state index in [0.29, 0.717) is 17.1 Å². The van der Waals surface area contributed by atoms with Gasteiger partial charge < -0.3 is 8.82 Å². The molecule has 1 aromatic carbocycles. The van der Waals surface area contributed by atoms with Crippen molar-refractivity contribution in [3.63, 3.8) is 0 Å². The molecule has 1 fully saturated rings. The molecule has 4 heteroatoms. The lowest BCUT2D eigenvalue weighted by molar-refractivity contribution is 0.443. The maximum Gasteiger partial charge on any atom is 0.344 e. The molecule has 0 spiro atoms. The van der Waals surface area contributed by atoms with Gasteiger partial charge in [-0.25, -0.2) is 9.78 Å². The Morgan fingerprint density at radius 1 is 1.04 bits per heavy atom. The molecule has 0 unspecified atom stereocenters. The molecule has 0 atom stereocenters. The first-order valence-corrected chi connectivity index (χ1v) is 9.71. The highest BCUT2D eigenvalue weighted by Crippen LogP contribution is 2.34. The van der Waals surface area contributed by atoms with Gasteiger partial charge in [-0.2, -0.15) is 0 Å². The normalized spacial score (nSPS) is 15.6. The fourth-order valence-corrected chi connectivity index (χ4v) is 4.30. The second-order valence-electron chi connectivity index (χ2n) is 7.65. The summed E-state index contributed by atoms with van der Waals surface area (Å²) in [6.07, 6.45) is 10.3. The van der Waals surface area contributed by atoms with Crippen LogP contribution < -0.4 is 5.63 Å². The molecule has 0 saturated heterocycles. The van der Waals surface area contributed by atoms with Crippen molar-refractivity contribution in [1.29, 1.82) is 0 Å². The predicted octanol–water partition coefficient (Wildman–Crippen LogP) is 5.46. The van der Waals surface area contributed by atoms with Crippen LogP contribution in [0, 0.1) is 6.92 Å².